The zero-order chi connectivity index (χ0) is 17.3. The maximum atomic E-state index is 12.4. The molecule has 0 aromatic heterocycles. The summed E-state index contributed by atoms with van der Waals surface area (Å²) in [5.41, 5.74) is 0.244. The van der Waals surface area contributed by atoms with Gasteiger partial charge in [0.1, 0.15) is 5.75 Å². The van der Waals surface area contributed by atoms with Crippen LogP contribution < -0.4 is 15.4 Å². The number of carbonyl (C=O) groups is 1. The van der Waals surface area contributed by atoms with E-state index < -0.39 is 6.10 Å². The Morgan fingerprint density at radius 3 is 2.48 bits per heavy atom. The molecule has 1 fully saturated rings. The van der Waals surface area contributed by atoms with Crippen molar-refractivity contribution in [2.24, 2.45) is 0 Å². The average Bonchev–Trinajstić information content (AvgIpc) is 2.34. The molecule has 0 bridgehead atoms. The largest absolute Gasteiger partial charge is 0.481 e. The van der Waals surface area contributed by atoms with E-state index in [1.165, 1.54) is 0 Å². The maximum Gasteiger partial charge on any atom is 0.261 e. The first kappa shape index (κ1) is 18.1. The van der Waals surface area contributed by atoms with Crippen LogP contribution in [-0.4, -0.2) is 29.1 Å². The number of nitrogens with one attached hydrogen (secondary N) is 1. The molecule has 2 rings (SSSR count). The van der Waals surface area contributed by atoms with Gasteiger partial charge in [-0.25, -0.2) is 0 Å². The number of carbonyl (C=O) groups excluding carboxylic acids is 1. The second-order valence-electron chi connectivity index (χ2n) is 7.95. The molecule has 128 valence electrons. The molecule has 23 heavy (non-hydrogen) atoms. The van der Waals surface area contributed by atoms with Gasteiger partial charge < -0.3 is 15.4 Å². The van der Waals surface area contributed by atoms with Gasteiger partial charge in [-0.05, 0) is 52.8 Å². The fourth-order valence-electron chi connectivity index (χ4n) is 3.74. The fraction of sp³-hybridized carbons (Fsp3) is 0.611. The van der Waals surface area contributed by atoms with Crippen LogP contribution in [0.1, 0.15) is 47.5 Å². The van der Waals surface area contributed by atoms with E-state index in [1.54, 1.807) is 25.1 Å². The van der Waals surface area contributed by atoms with E-state index in [2.05, 4.69) is 38.3 Å². The molecule has 4 nitrogen and oxygen atoms in total. The van der Waals surface area contributed by atoms with Crippen LogP contribution >= 0.6 is 11.6 Å². The molecule has 3 N–H and O–H groups in total. The van der Waals surface area contributed by atoms with Gasteiger partial charge in [0, 0.05) is 23.9 Å². The first-order valence-electron chi connectivity index (χ1n) is 8.16. The zero-order valence-electron chi connectivity index (χ0n) is 14.7. The van der Waals surface area contributed by atoms with Crippen molar-refractivity contribution in [3.8, 4) is 5.75 Å². The normalized spacial score (nSPS) is 21.5. The van der Waals surface area contributed by atoms with Crippen LogP contribution in [0.4, 0.5) is 0 Å². The Morgan fingerprint density at radius 1 is 1.30 bits per heavy atom. The average molecular weight is 340 g/mol. The van der Waals surface area contributed by atoms with Gasteiger partial charge >= 0.3 is 0 Å². The topological polar surface area (TPSA) is 54.9 Å². The number of rotatable bonds is 4. The van der Waals surface area contributed by atoms with E-state index in [0.717, 1.165) is 12.8 Å². The number of quaternary nitrogens is 1. The minimum Gasteiger partial charge on any atom is -0.481 e. The smallest absolute Gasteiger partial charge is 0.261 e. The van der Waals surface area contributed by atoms with Crippen molar-refractivity contribution >= 4 is 17.5 Å². The van der Waals surface area contributed by atoms with Crippen LogP contribution in [0, 0.1) is 0 Å². The Labute approximate surface area is 143 Å². The highest BCUT2D eigenvalue weighted by molar-refractivity contribution is 6.30. The van der Waals surface area contributed by atoms with Crippen molar-refractivity contribution in [1.29, 1.82) is 0 Å². The summed E-state index contributed by atoms with van der Waals surface area (Å²) >= 11 is 5.94. The van der Waals surface area contributed by atoms with Crippen LogP contribution in [0.2, 0.25) is 5.02 Å². The minimum atomic E-state index is -0.550. The van der Waals surface area contributed by atoms with Gasteiger partial charge in [-0.2, -0.15) is 0 Å². The lowest BCUT2D eigenvalue weighted by Crippen LogP contribution is -3.06. The molecular formula is C18H28ClN2O2+. The van der Waals surface area contributed by atoms with Gasteiger partial charge in [-0.1, -0.05) is 17.7 Å². The molecule has 0 saturated carbocycles. The number of hydrogen-bond acceptors (Lipinski definition) is 2. The summed E-state index contributed by atoms with van der Waals surface area (Å²) in [7, 11) is 0. The molecule has 1 aliphatic heterocycles. The van der Waals surface area contributed by atoms with Crippen LogP contribution in [0.15, 0.2) is 24.3 Å². The summed E-state index contributed by atoms with van der Waals surface area (Å²) < 4.78 is 5.70. The molecule has 0 unspecified atom stereocenters. The lowest BCUT2D eigenvalue weighted by molar-refractivity contribution is -0.787. The molecule has 1 heterocycles. The predicted octanol–water partition coefficient (Wildman–Crippen LogP) is 2.51. The number of ether oxygens (including phenoxy) is 1. The summed E-state index contributed by atoms with van der Waals surface area (Å²) in [6.07, 6.45) is 1.35. The molecule has 1 aliphatic rings. The Kier molecular flexibility index (Phi) is 5.27. The van der Waals surface area contributed by atoms with Crippen LogP contribution in [-0.2, 0) is 4.79 Å². The van der Waals surface area contributed by atoms with Crippen molar-refractivity contribution in [2.45, 2.75) is 70.7 Å². The predicted molar refractivity (Wildman–Crippen MR) is 92.8 cm³/mol. The van der Waals surface area contributed by atoms with Crippen molar-refractivity contribution in [2.75, 3.05) is 0 Å². The highest BCUT2D eigenvalue weighted by Gasteiger charge is 2.42. The van der Waals surface area contributed by atoms with E-state index in [9.17, 15) is 4.79 Å². The number of amides is 1. The molecule has 1 amide bonds. The number of halogens is 1. The molecule has 1 atom stereocenters. The summed E-state index contributed by atoms with van der Waals surface area (Å²) in [5, 5.41) is 6.14. The lowest BCUT2D eigenvalue weighted by Gasteiger charge is -2.43. The van der Waals surface area contributed by atoms with Gasteiger partial charge in [0.05, 0.1) is 11.1 Å². The van der Waals surface area contributed by atoms with E-state index in [0.29, 0.717) is 10.8 Å². The number of piperidine rings is 1. The minimum absolute atomic E-state index is 0.0801. The third-order valence-corrected chi connectivity index (χ3v) is 4.39. The van der Waals surface area contributed by atoms with Gasteiger partial charge in [-0.3, -0.25) is 4.79 Å². The van der Waals surface area contributed by atoms with E-state index >= 15 is 0 Å². The highest BCUT2D eigenvalue weighted by Crippen LogP contribution is 2.22. The number of nitrogens with two attached hydrogens (primary N) is 1. The van der Waals surface area contributed by atoms with Gasteiger partial charge in [-0.15, -0.1) is 0 Å². The van der Waals surface area contributed by atoms with E-state index in [-0.39, 0.29) is 23.0 Å². The molecule has 5 heteroatoms. The summed E-state index contributed by atoms with van der Waals surface area (Å²) in [5.74, 6) is 0.529. The zero-order valence-corrected chi connectivity index (χ0v) is 15.4. The van der Waals surface area contributed by atoms with Crippen LogP contribution in [0.25, 0.3) is 0 Å². The summed E-state index contributed by atoms with van der Waals surface area (Å²) in [4.78, 5) is 12.4. The van der Waals surface area contributed by atoms with Crippen molar-refractivity contribution in [1.82, 2.24) is 5.32 Å². The molecule has 0 spiro atoms. The standard InChI is InChI=1S/C18H27ClN2O2/c1-12(23-15-8-6-7-13(19)9-15)16(22)20-14-10-17(2,3)21-18(4,5)11-14/h6-9,12,14,21H,10-11H2,1-5H3,(H,20,22)/p+1/t12-/m1/s1. The van der Waals surface area contributed by atoms with Crippen molar-refractivity contribution in [3.05, 3.63) is 29.3 Å². The first-order chi connectivity index (χ1) is 10.6. The maximum absolute atomic E-state index is 12.4. The Morgan fingerprint density at radius 2 is 1.91 bits per heavy atom. The number of hydrogen-bond donors (Lipinski definition) is 2. The van der Waals surface area contributed by atoms with Crippen molar-refractivity contribution < 1.29 is 14.8 Å². The molecule has 0 aliphatic carbocycles. The second-order valence-corrected chi connectivity index (χ2v) is 8.39. The van der Waals surface area contributed by atoms with Crippen LogP contribution in [0.5, 0.6) is 5.75 Å². The third kappa shape index (κ3) is 5.40. The monoisotopic (exact) mass is 339 g/mol. The highest BCUT2D eigenvalue weighted by atomic mass is 35.5. The fourth-order valence-corrected chi connectivity index (χ4v) is 3.92. The Hall–Kier alpha value is -1.26. The van der Waals surface area contributed by atoms with E-state index in [1.807, 2.05) is 6.07 Å². The quantitative estimate of drug-likeness (QED) is 0.885. The molecule has 0 radical (unpaired) electrons. The molecule has 1 aromatic carbocycles. The Bertz CT molecular complexity index is 556. The molecular weight excluding hydrogens is 312 g/mol. The van der Waals surface area contributed by atoms with Gasteiger partial charge in [0.15, 0.2) is 6.10 Å². The second kappa shape index (κ2) is 6.70. The van der Waals surface area contributed by atoms with E-state index in [4.69, 9.17) is 16.3 Å². The Balaban J connectivity index is 1.95. The number of benzene rings is 1. The first-order valence-corrected chi connectivity index (χ1v) is 8.54. The van der Waals surface area contributed by atoms with Gasteiger partial charge in [0.25, 0.3) is 5.91 Å². The van der Waals surface area contributed by atoms with Gasteiger partial charge in [0.2, 0.25) is 0 Å². The molecule has 1 aromatic rings. The summed E-state index contributed by atoms with van der Waals surface area (Å²) in [6, 6.07) is 7.28. The van der Waals surface area contributed by atoms with Crippen molar-refractivity contribution in [3.63, 3.8) is 0 Å². The lowest BCUT2D eigenvalue weighted by atomic mass is 9.79. The molecule has 1 saturated heterocycles. The summed E-state index contributed by atoms with van der Waals surface area (Å²) in [6.45, 7) is 10.7. The SMILES string of the molecule is C[C@@H](Oc1cccc(Cl)c1)C(=O)NC1CC(C)(C)[NH2+]C(C)(C)C1. The third-order valence-electron chi connectivity index (χ3n) is 4.15. The van der Waals surface area contributed by atoms with Crippen LogP contribution in [0.3, 0.4) is 0 Å².